The number of ether oxygens (including phenoxy) is 4. The van der Waals surface area contributed by atoms with Gasteiger partial charge in [0.15, 0.2) is 0 Å². The van der Waals surface area contributed by atoms with Gasteiger partial charge in [0.05, 0.1) is 43.7 Å². The van der Waals surface area contributed by atoms with E-state index in [1.165, 1.54) is 0 Å². The van der Waals surface area contributed by atoms with Crippen LogP contribution in [0, 0.1) is 0 Å². The molecular formula is C14H26O4. The van der Waals surface area contributed by atoms with Crippen LogP contribution in [-0.2, 0) is 18.9 Å². The minimum Gasteiger partial charge on any atom is -0.376 e. The molecule has 2 bridgehead atoms. The summed E-state index contributed by atoms with van der Waals surface area (Å²) in [7, 11) is 0. The molecule has 0 saturated carbocycles. The third-order valence-corrected chi connectivity index (χ3v) is 3.62. The predicted molar refractivity (Wildman–Crippen MR) is 68.7 cm³/mol. The fourth-order valence-corrected chi connectivity index (χ4v) is 2.70. The lowest BCUT2D eigenvalue weighted by atomic mass is 9.85. The summed E-state index contributed by atoms with van der Waals surface area (Å²) in [6.07, 6.45) is 1.66. The van der Waals surface area contributed by atoms with Crippen molar-refractivity contribution >= 4 is 0 Å². The SMILES string of the molecule is CC(C)OC[C@@]12COC(C[C@@H]1OC(C)C)[C@H](C)O2. The molecule has 106 valence electrons. The van der Waals surface area contributed by atoms with Crippen molar-refractivity contribution in [1.82, 2.24) is 0 Å². The van der Waals surface area contributed by atoms with Gasteiger partial charge in [-0.05, 0) is 34.6 Å². The average molecular weight is 258 g/mol. The van der Waals surface area contributed by atoms with Gasteiger partial charge in [-0.2, -0.15) is 0 Å². The van der Waals surface area contributed by atoms with Crippen molar-refractivity contribution in [2.45, 2.75) is 77.2 Å². The number of hydrogen-bond donors (Lipinski definition) is 0. The first-order valence-corrected chi connectivity index (χ1v) is 6.99. The third kappa shape index (κ3) is 2.87. The molecule has 0 spiro atoms. The van der Waals surface area contributed by atoms with Crippen LogP contribution in [-0.4, -0.2) is 49.3 Å². The molecule has 4 heteroatoms. The molecule has 0 aromatic rings. The first-order chi connectivity index (χ1) is 8.43. The van der Waals surface area contributed by atoms with Gasteiger partial charge in [-0.15, -0.1) is 0 Å². The van der Waals surface area contributed by atoms with Gasteiger partial charge in [-0.25, -0.2) is 0 Å². The fourth-order valence-electron chi connectivity index (χ4n) is 2.70. The molecule has 3 saturated heterocycles. The molecule has 3 fully saturated rings. The van der Waals surface area contributed by atoms with Crippen molar-refractivity contribution in [2.75, 3.05) is 13.2 Å². The maximum absolute atomic E-state index is 6.16. The van der Waals surface area contributed by atoms with Crippen LogP contribution < -0.4 is 0 Å². The van der Waals surface area contributed by atoms with E-state index in [1.54, 1.807) is 0 Å². The quantitative estimate of drug-likeness (QED) is 0.757. The van der Waals surface area contributed by atoms with Crippen molar-refractivity contribution in [3.63, 3.8) is 0 Å². The van der Waals surface area contributed by atoms with Crippen LogP contribution in [0.25, 0.3) is 0 Å². The Balaban J connectivity index is 2.08. The van der Waals surface area contributed by atoms with Crippen LogP contribution >= 0.6 is 0 Å². The van der Waals surface area contributed by atoms with Crippen molar-refractivity contribution in [1.29, 1.82) is 0 Å². The van der Waals surface area contributed by atoms with Crippen LogP contribution in [0.4, 0.5) is 0 Å². The van der Waals surface area contributed by atoms with Gasteiger partial charge in [-0.1, -0.05) is 0 Å². The van der Waals surface area contributed by atoms with E-state index in [2.05, 4.69) is 20.8 Å². The Hall–Kier alpha value is -0.160. The summed E-state index contributed by atoms with van der Waals surface area (Å²) in [5.74, 6) is 0. The van der Waals surface area contributed by atoms with Gasteiger partial charge >= 0.3 is 0 Å². The van der Waals surface area contributed by atoms with Gasteiger partial charge in [0, 0.05) is 6.42 Å². The molecule has 3 heterocycles. The van der Waals surface area contributed by atoms with Crippen LogP contribution in [0.15, 0.2) is 0 Å². The Bertz CT molecular complexity index is 279. The van der Waals surface area contributed by atoms with Crippen LogP contribution in [0.3, 0.4) is 0 Å². The van der Waals surface area contributed by atoms with Crippen molar-refractivity contribution in [3.05, 3.63) is 0 Å². The Morgan fingerprint density at radius 2 is 1.94 bits per heavy atom. The summed E-state index contributed by atoms with van der Waals surface area (Å²) in [6.45, 7) is 11.4. The number of rotatable bonds is 5. The molecule has 1 unspecified atom stereocenters. The number of hydrogen-bond acceptors (Lipinski definition) is 4. The largest absolute Gasteiger partial charge is 0.376 e. The normalized spacial score (nSPS) is 39.8. The lowest BCUT2D eigenvalue weighted by Crippen LogP contribution is -2.67. The van der Waals surface area contributed by atoms with Gasteiger partial charge in [0.1, 0.15) is 5.60 Å². The molecule has 0 amide bonds. The smallest absolute Gasteiger partial charge is 0.141 e. The van der Waals surface area contributed by atoms with Crippen molar-refractivity contribution in [3.8, 4) is 0 Å². The molecule has 3 aliphatic rings. The van der Waals surface area contributed by atoms with E-state index in [-0.39, 0.29) is 30.5 Å². The minimum absolute atomic E-state index is 0.0752. The lowest BCUT2D eigenvalue weighted by Gasteiger charge is -2.54. The summed E-state index contributed by atoms with van der Waals surface area (Å²) in [4.78, 5) is 0. The standard InChI is InChI=1S/C14H26O4/c1-9(2)15-7-14-8-16-12(11(5)18-14)6-13(14)17-10(3)4/h9-13H,6-8H2,1-5H3/t11-,12?,13-,14+/m0/s1. The van der Waals surface area contributed by atoms with Gasteiger partial charge < -0.3 is 18.9 Å². The predicted octanol–water partition coefficient (Wildman–Crippen LogP) is 2.15. The van der Waals surface area contributed by atoms with E-state index in [1.807, 2.05) is 13.8 Å². The highest BCUT2D eigenvalue weighted by atomic mass is 16.6. The zero-order chi connectivity index (χ0) is 13.3. The molecule has 4 atom stereocenters. The average Bonchev–Trinajstić information content (AvgIpc) is 2.28. The van der Waals surface area contributed by atoms with E-state index in [4.69, 9.17) is 18.9 Å². The second kappa shape index (κ2) is 5.45. The molecule has 0 aliphatic carbocycles. The van der Waals surface area contributed by atoms with Gasteiger partial charge in [0.25, 0.3) is 0 Å². The second-order valence-corrected chi connectivity index (χ2v) is 6.01. The molecule has 0 aromatic carbocycles. The Morgan fingerprint density at radius 1 is 1.22 bits per heavy atom. The fraction of sp³-hybridized carbons (Fsp3) is 1.00. The van der Waals surface area contributed by atoms with E-state index < -0.39 is 5.60 Å². The Labute approximate surface area is 110 Å². The van der Waals surface area contributed by atoms with Gasteiger partial charge in [0.2, 0.25) is 0 Å². The minimum atomic E-state index is -0.428. The summed E-state index contributed by atoms with van der Waals surface area (Å²) in [5, 5.41) is 0. The van der Waals surface area contributed by atoms with Crippen molar-refractivity contribution < 1.29 is 18.9 Å². The molecule has 3 rings (SSSR count). The molecule has 18 heavy (non-hydrogen) atoms. The zero-order valence-corrected chi connectivity index (χ0v) is 12.1. The third-order valence-electron chi connectivity index (χ3n) is 3.62. The lowest BCUT2D eigenvalue weighted by molar-refractivity contribution is -0.328. The first kappa shape index (κ1) is 14.3. The molecule has 0 radical (unpaired) electrons. The van der Waals surface area contributed by atoms with Crippen LogP contribution in [0.5, 0.6) is 0 Å². The van der Waals surface area contributed by atoms with Crippen LogP contribution in [0.2, 0.25) is 0 Å². The molecule has 0 aromatic heterocycles. The first-order valence-electron chi connectivity index (χ1n) is 6.99. The van der Waals surface area contributed by atoms with Gasteiger partial charge in [-0.3, -0.25) is 0 Å². The molecule has 0 N–H and O–H groups in total. The highest BCUT2D eigenvalue weighted by Gasteiger charge is 2.54. The van der Waals surface area contributed by atoms with E-state index in [0.717, 1.165) is 6.42 Å². The monoisotopic (exact) mass is 258 g/mol. The summed E-state index contributed by atoms with van der Waals surface area (Å²) >= 11 is 0. The Kier molecular flexibility index (Phi) is 4.32. The summed E-state index contributed by atoms with van der Waals surface area (Å²) in [6, 6.07) is 0. The molecule has 3 aliphatic heterocycles. The highest BCUT2D eigenvalue weighted by Crippen LogP contribution is 2.39. The molecule has 4 nitrogen and oxygen atoms in total. The zero-order valence-electron chi connectivity index (χ0n) is 12.1. The Morgan fingerprint density at radius 3 is 2.50 bits per heavy atom. The molecular weight excluding hydrogens is 232 g/mol. The highest BCUT2D eigenvalue weighted by molar-refractivity contribution is 5.02. The van der Waals surface area contributed by atoms with E-state index in [0.29, 0.717) is 13.2 Å². The maximum atomic E-state index is 6.16. The summed E-state index contributed by atoms with van der Waals surface area (Å²) in [5.41, 5.74) is -0.428. The van der Waals surface area contributed by atoms with Crippen LogP contribution in [0.1, 0.15) is 41.0 Å². The second-order valence-electron chi connectivity index (χ2n) is 6.01. The topological polar surface area (TPSA) is 36.9 Å². The van der Waals surface area contributed by atoms with E-state index in [9.17, 15) is 0 Å². The number of fused-ring (bicyclic) bond motifs is 3. The van der Waals surface area contributed by atoms with Crippen molar-refractivity contribution in [2.24, 2.45) is 0 Å². The van der Waals surface area contributed by atoms with E-state index >= 15 is 0 Å². The summed E-state index contributed by atoms with van der Waals surface area (Å²) < 4.78 is 23.8. The maximum Gasteiger partial charge on any atom is 0.141 e.